The third kappa shape index (κ3) is 7.23. The van der Waals surface area contributed by atoms with E-state index in [9.17, 15) is 0 Å². The first-order valence-electron chi connectivity index (χ1n) is 9.22. The fourth-order valence-electron chi connectivity index (χ4n) is 2.47. The number of aryl methyl sites for hydroxylation is 1. The minimum atomic E-state index is 0. The van der Waals surface area contributed by atoms with Gasteiger partial charge in [-0.1, -0.05) is 35.8 Å². The summed E-state index contributed by atoms with van der Waals surface area (Å²) in [6.07, 6.45) is 3.83. The number of hydrogen-bond donors (Lipinski definition) is 2. The molecule has 3 aromatic rings. The highest BCUT2D eigenvalue weighted by atomic mass is 127. The standard InChI is InChI=1S/C19H23ClN6OS.HI/c1-3-15-11-23-17(28-15)8-9-22-19(21-4-2)24-12-16-25-18(26-27-16)13-6-5-7-14(20)10-13;/h5-7,10-11H,3-4,8-9,12H2,1-2H3,(H2,21,22,24);1H. The molecule has 3 rings (SSSR count). The first kappa shape index (κ1) is 23.6. The second kappa shape index (κ2) is 12.1. The molecule has 0 aliphatic heterocycles. The van der Waals surface area contributed by atoms with Gasteiger partial charge in [-0.2, -0.15) is 4.98 Å². The third-order valence-corrected chi connectivity index (χ3v) is 5.29. The fourth-order valence-corrected chi connectivity index (χ4v) is 3.52. The molecule has 0 fully saturated rings. The van der Waals surface area contributed by atoms with Gasteiger partial charge in [0.25, 0.3) is 0 Å². The lowest BCUT2D eigenvalue weighted by molar-refractivity contribution is 0.380. The molecule has 2 aromatic heterocycles. The molecule has 0 radical (unpaired) electrons. The maximum absolute atomic E-state index is 6.01. The Labute approximate surface area is 196 Å². The molecule has 0 bridgehead atoms. The summed E-state index contributed by atoms with van der Waals surface area (Å²) < 4.78 is 5.30. The molecule has 10 heteroatoms. The van der Waals surface area contributed by atoms with Crippen LogP contribution in [0.1, 0.15) is 29.6 Å². The maximum Gasteiger partial charge on any atom is 0.248 e. The molecule has 156 valence electrons. The Morgan fingerprint density at radius 2 is 2.14 bits per heavy atom. The van der Waals surface area contributed by atoms with Crippen molar-refractivity contribution in [1.82, 2.24) is 25.8 Å². The van der Waals surface area contributed by atoms with E-state index < -0.39 is 0 Å². The van der Waals surface area contributed by atoms with E-state index in [2.05, 4.69) is 37.7 Å². The van der Waals surface area contributed by atoms with Gasteiger partial charge in [0, 0.05) is 41.2 Å². The van der Waals surface area contributed by atoms with Gasteiger partial charge in [0.1, 0.15) is 6.54 Å². The fraction of sp³-hybridized carbons (Fsp3) is 0.368. The first-order chi connectivity index (χ1) is 13.7. The lowest BCUT2D eigenvalue weighted by Crippen LogP contribution is -2.38. The van der Waals surface area contributed by atoms with Crippen LogP contribution >= 0.6 is 46.9 Å². The number of nitrogens with zero attached hydrogens (tertiary/aromatic N) is 4. The van der Waals surface area contributed by atoms with Crippen molar-refractivity contribution in [2.75, 3.05) is 13.1 Å². The number of thiazole rings is 1. The largest absolute Gasteiger partial charge is 0.357 e. The molecule has 0 spiro atoms. The van der Waals surface area contributed by atoms with Gasteiger partial charge in [0.05, 0.1) is 5.01 Å². The van der Waals surface area contributed by atoms with Crippen LogP contribution < -0.4 is 10.6 Å². The van der Waals surface area contributed by atoms with Crippen molar-refractivity contribution in [2.24, 2.45) is 4.99 Å². The highest BCUT2D eigenvalue weighted by Crippen LogP contribution is 2.20. The van der Waals surface area contributed by atoms with Crippen LogP contribution in [0.4, 0.5) is 0 Å². The van der Waals surface area contributed by atoms with Crippen LogP contribution in [-0.2, 0) is 19.4 Å². The van der Waals surface area contributed by atoms with Crippen molar-refractivity contribution >= 4 is 52.9 Å². The molecule has 0 atom stereocenters. The average Bonchev–Trinajstić information content (AvgIpc) is 3.35. The second-order valence-corrected chi connectivity index (χ2v) is 7.60. The smallest absolute Gasteiger partial charge is 0.248 e. The number of hydrogen-bond acceptors (Lipinski definition) is 6. The number of benzene rings is 1. The van der Waals surface area contributed by atoms with Gasteiger partial charge in [-0.3, -0.25) is 0 Å². The second-order valence-electron chi connectivity index (χ2n) is 5.97. The van der Waals surface area contributed by atoms with Crippen molar-refractivity contribution in [3.8, 4) is 11.4 Å². The highest BCUT2D eigenvalue weighted by Gasteiger charge is 2.09. The van der Waals surface area contributed by atoms with Gasteiger partial charge in [-0.05, 0) is 25.5 Å². The number of aromatic nitrogens is 3. The molecular weight excluding hydrogens is 523 g/mol. The summed E-state index contributed by atoms with van der Waals surface area (Å²) in [5.41, 5.74) is 0.811. The molecule has 0 saturated heterocycles. The molecule has 2 N–H and O–H groups in total. The lowest BCUT2D eigenvalue weighted by Gasteiger charge is -2.09. The molecular formula is C19H24ClIN6OS. The van der Waals surface area contributed by atoms with E-state index in [-0.39, 0.29) is 24.0 Å². The Bertz CT molecular complexity index is 929. The summed E-state index contributed by atoms with van der Waals surface area (Å²) in [6, 6.07) is 7.34. The Hall–Kier alpha value is -1.72. The van der Waals surface area contributed by atoms with Crippen molar-refractivity contribution in [2.45, 2.75) is 33.2 Å². The van der Waals surface area contributed by atoms with E-state index in [1.54, 1.807) is 23.5 Å². The van der Waals surface area contributed by atoms with Crippen LogP contribution in [0.3, 0.4) is 0 Å². The van der Waals surface area contributed by atoms with Gasteiger partial charge in [0.2, 0.25) is 11.7 Å². The summed E-state index contributed by atoms with van der Waals surface area (Å²) in [4.78, 5) is 14.6. The predicted molar refractivity (Wildman–Crippen MR) is 128 cm³/mol. The zero-order valence-corrected chi connectivity index (χ0v) is 20.2. The maximum atomic E-state index is 6.01. The van der Waals surface area contributed by atoms with Crippen LogP contribution in [0.15, 0.2) is 40.0 Å². The summed E-state index contributed by atoms with van der Waals surface area (Å²) >= 11 is 7.77. The van der Waals surface area contributed by atoms with Crippen molar-refractivity contribution in [3.63, 3.8) is 0 Å². The molecule has 2 heterocycles. The van der Waals surface area contributed by atoms with Crippen LogP contribution in [0.25, 0.3) is 11.4 Å². The monoisotopic (exact) mass is 546 g/mol. The van der Waals surface area contributed by atoms with Crippen LogP contribution in [0, 0.1) is 0 Å². The zero-order valence-electron chi connectivity index (χ0n) is 16.3. The van der Waals surface area contributed by atoms with Crippen LogP contribution in [-0.4, -0.2) is 34.2 Å². The lowest BCUT2D eigenvalue weighted by atomic mass is 10.2. The Kier molecular flexibility index (Phi) is 9.82. The van der Waals surface area contributed by atoms with Crippen molar-refractivity contribution in [3.05, 3.63) is 51.3 Å². The van der Waals surface area contributed by atoms with Gasteiger partial charge in [0.15, 0.2) is 5.96 Å². The number of halogens is 2. The predicted octanol–water partition coefficient (Wildman–Crippen LogP) is 4.32. The molecule has 0 unspecified atom stereocenters. The van der Waals surface area contributed by atoms with Crippen LogP contribution in [0.2, 0.25) is 5.02 Å². The van der Waals surface area contributed by atoms with Gasteiger partial charge < -0.3 is 15.2 Å². The summed E-state index contributed by atoms with van der Waals surface area (Å²) in [6.45, 7) is 5.97. The number of aliphatic imine (C=N–C) groups is 1. The minimum Gasteiger partial charge on any atom is -0.357 e. The minimum absolute atomic E-state index is 0. The SMILES string of the molecule is CCNC(=NCc1nc(-c2cccc(Cl)c2)no1)NCCc1ncc(CC)s1.I. The first-order valence-corrected chi connectivity index (χ1v) is 10.4. The van der Waals surface area contributed by atoms with Gasteiger partial charge in [-0.25, -0.2) is 9.98 Å². The number of guanidine groups is 1. The van der Waals surface area contributed by atoms with Crippen molar-refractivity contribution < 1.29 is 4.52 Å². The third-order valence-electron chi connectivity index (χ3n) is 3.85. The molecule has 1 aromatic carbocycles. The summed E-state index contributed by atoms with van der Waals surface area (Å²) in [5.74, 6) is 1.65. The summed E-state index contributed by atoms with van der Waals surface area (Å²) in [5, 5.41) is 12.3. The van der Waals surface area contributed by atoms with E-state index in [1.807, 2.05) is 25.3 Å². The summed E-state index contributed by atoms with van der Waals surface area (Å²) in [7, 11) is 0. The molecule has 0 amide bonds. The highest BCUT2D eigenvalue weighted by molar-refractivity contribution is 14.0. The van der Waals surface area contributed by atoms with E-state index in [0.717, 1.165) is 36.5 Å². The quantitative estimate of drug-likeness (QED) is 0.249. The van der Waals surface area contributed by atoms with Crippen LogP contribution in [0.5, 0.6) is 0 Å². The number of rotatable bonds is 8. The zero-order chi connectivity index (χ0) is 19.8. The Morgan fingerprint density at radius 3 is 2.86 bits per heavy atom. The Balaban J connectivity index is 0.00000300. The van der Waals surface area contributed by atoms with E-state index in [0.29, 0.717) is 29.2 Å². The number of nitrogens with one attached hydrogen (secondary N) is 2. The molecule has 7 nitrogen and oxygen atoms in total. The molecule has 0 saturated carbocycles. The molecule has 29 heavy (non-hydrogen) atoms. The normalized spacial score (nSPS) is 11.2. The van der Waals surface area contributed by atoms with Gasteiger partial charge >= 0.3 is 0 Å². The average molecular weight is 547 g/mol. The van der Waals surface area contributed by atoms with Gasteiger partial charge in [-0.15, -0.1) is 35.3 Å². The topological polar surface area (TPSA) is 88.2 Å². The van der Waals surface area contributed by atoms with E-state index in [1.165, 1.54) is 4.88 Å². The molecule has 0 aliphatic rings. The van der Waals surface area contributed by atoms with E-state index in [4.69, 9.17) is 16.1 Å². The van der Waals surface area contributed by atoms with E-state index >= 15 is 0 Å². The van der Waals surface area contributed by atoms with Crippen molar-refractivity contribution in [1.29, 1.82) is 0 Å². The molecule has 0 aliphatic carbocycles. The Morgan fingerprint density at radius 1 is 1.28 bits per heavy atom.